The van der Waals surface area contributed by atoms with E-state index in [0.717, 1.165) is 56.9 Å². The molecule has 1 aliphatic heterocycles. The summed E-state index contributed by atoms with van der Waals surface area (Å²) >= 11 is 0. The Morgan fingerprint density at radius 1 is 1.00 bits per heavy atom. The summed E-state index contributed by atoms with van der Waals surface area (Å²) in [5, 5.41) is 15.7. The van der Waals surface area contributed by atoms with Crippen LogP contribution in [0.15, 0.2) is 66.7 Å². The molecule has 1 aliphatic rings. The molecular weight excluding hydrogens is 515 g/mol. The van der Waals surface area contributed by atoms with Crippen molar-refractivity contribution < 1.29 is 47.3 Å². The average Bonchev–Trinajstić information content (AvgIpc) is 2.90. The number of aromatic carboxylic acids is 1. The first kappa shape index (κ1) is 31.4. The van der Waals surface area contributed by atoms with Gasteiger partial charge in [-0.25, -0.2) is 4.79 Å². The summed E-state index contributed by atoms with van der Waals surface area (Å²) in [5.74, 6) is -0.890. The molecule has 4 rings (SSSR count). The second-order valence-corrected chi connectivity index (χ2v) is 7.73. The first-order valence-electron chi connectivity index (χ1n) is 12.0. The first-order valence-corrected chi connectivity index (χ1v) is 12.0. The second kappa shape index (κ2) is 18.6. The van der Waals surface area contributed by atoms with Crippen LogP contribution in [0.4, 0.5) is 0 Å². The van der Waals surface area contributed by atoms with Crippen LogP contribution in [-0.4, -0.2) is 55.4 Å². The van der Waals surface area contributed by atoms with Crippen molar-refractivity contribution >= 4 is 16.7 Å². The van der Waals surface area contributed by atoms with Crippen LogP contribution in [0, 0.1) is 0 Å². The summed E-state index contributed by atoms with van der Waals surface area (Å²) in [6.45, 7) is 10.7. The molecule has 1 heterocycles. The third-order valence-electron chi connectivity index (χ3n) is 5.46. The van der Waals surface area contributed by atoms with Crippen molar-refractivity contribution in [2.24, 2.45) is 0 Å². The van der Waals surface area contributed by atoms with E-state index in [1.807, 2.05) is 50.2 Å². The van der Waals surface area contributed by atoms with Crippen molar-refractivity contribution in [1.29, 1.82) is 0 Å². The molecule has 1 saturated heterocycles. The Hall–Kier alpha value is -1.67. The number of morpholine rings is 1. The van der Waals surface area contributed by atoms with Crippen molar-refractivity contribution in [2.75, 3.05) is 39.4 Å². The van der Waals surface area contributed by atoms with E-state index in [1.54, 1.807) is 12.1 Å². The van der Waals surface area contributed by atoms with Gasteiger partial charge in [-0.1, -0.05) is 86.0 Å². The number of nitrogens with one attached hydrogen (secondary N) is 1. The summed E-state index contributed by atoms with van der Waals surface area (Å²) in [4.78, 5) is 13.1. The average molecular weight is 553 g/mol. The van der Waals surface area contributed by atoms with Gasteiger partial charge in [0.05, 0.1) is 18.8 Å². The second-order valence-electron chi connectivity index (χ2n) is 7.73. The van der Waals surface area contributed by atoms with Gasteiger partial charge in [-0.15, -0.1) is 19.6 Å². The minimum Gasteiger partial charge on any atom is -0.674 e. The van der Waals surface area contributed by atoms with Crippen LogP contribution in [0.2, 0.25) is 0 Å². The minimum atomic E-state index is -0.890. The van der Waals surface area contributed by atoms with Gasteiger partial charge < -0.3 is 20.9 Å². The van der Waals surface area contributed by atoms with Gasteiger partial charge in [0.15, 0.2) is 0 Å². The van der Waals surface area contributed by atoms with E-state index >= 15 is 0 Å². The Morgan fingerprint density at radius 2 is 1.66 bits per heavy atom. The maximum atomic E-state index is 10.7. The van der Waals surface area contributed by atoms with E-state index < -0.39 is 5.97 Å². The largest absolute Gasteiger partial charge is 0.674 e. The molecule has 0 amide bonds. The van der Waals surface area contributed by atoms with Crippen LogP contribution in [0.1, 0.15) is 41.8 Å². The predicted molar refractivity (Wildman–Crippen MR) is 141 cm³/mol. The molecule has 0 aromatic heterocycles. The SMILES string of the molecule is CC.O=C(O)c1ccc(C[N-]CCCN2CCOCC2)cc1.[NH-]Cc1cccc2ccccc12.[Y]. The number of fused-ring (bicyclic) bond motifs is 1. The normalized spacial score (nSPS) is 13.0. The van der Waals surface area contributed by atoms with Gasteiger partial charge >= 0.3 is 5.97 Å². The van der Waals surface area contributed by atoms with Crippen molar-refractivity contribution in [3.8, 4) is 0 Å². The first-order chi connectivity index (χ1) is 16.7. The van der Waals surface area contributed by atoms with Crippen LogP contribution in [0.3, 0.4) is 0 Å². The van der Waals surface area contributed by atoms with Gasteiger partial charge in [-0.2, -0.15) is 0 Å². The van der Waals surface area contributed by atoms with Gasteiger partial charge in [0.1, 0.15) is 0 Å². The van der Waals surface area contributed by atoms with E-state index in [1.165, 1.54) is 10.8 Å². The third kappa shape index (κ3) is 11.3. The Kier molecular flexibility index (Phi) is 16.7. The number of hydrogen-bond donors (Lipinski definition) is 1. The Bertz CT molecular complexity index is 971. The van der Waals surface area contributed by atoms with Crippen LogP contribution in [0.5, 0.6) is 0 Å². The number of ether oxygens (including phenoxy) is 1. The number of nitrogens with zero attached hydrogens (tertiary/aromatic N) is 2. The number of benzene rings is 3. The zero-order valence-electron chi connectivity index (χ0n) is 21.0. The molecule has 0 spiro atoms. The Labute approximate surface area is 235 Å². The zero-order valence-corrected chi connectivity index (χ0v) is 23.8. The van der Waals surface area contributed by atoms with E-state index in [9.17, 15) is 4.79 Å². The molecule has 1 radical (unpaired) electrons. The predicted octanol–water partition coefficient (Wildman–Crippen LogP) is 6.40. The summed E-state index contributed by atoms with van der Waals surface area (Å²) in [7, 11) is 0. The fourth-order valence-corrected chi connectivity index (χ4v) is 3.64. The van der Waals surface area contributed by atoms with Gasteiger partial charge in [0, 0.05) is 45.8 Å². The van der Waals surface area contributed by atoms with Crippen LogP contribution < -0.4 is 0 Å². The van der Waals surface area contributed by atoms with Gasteiger partial charge in [-0.05, 0) is 29.4 Å². The van der Waals surface area contributed by atoms with Crippen LogP contribution in [-0.2, 0) is 50.5 Å². The summed E-state index contributed by atoms with van der Waals surface area (Å²) in [5.41, 5.74) is 9.81. The quantitative estimate of drug-likeness (QED) is 0.328. The molecule has 1 fully saturated rings. The topological polar surface area (TPSA) is 87.7 Å². The minimum absolute atomic E-state index is 0. The number of carbonyl (C=O) groups is 1. The van der Waals surface area contributed by atoms with Crippen molar-refractivity contribution in [2.45, 2.75) is 33.4 Å². The molecule has 35 heavy (non-hydrogen) atoms. The van der Waals surface area contributed by atoms with E-state index in [4.69, 9.17) is 15.6 Å². The van der Waals surface area contributed by atoms with Crippen molar-refractivity contribution in [1.82, 2.24) is 4.90 Å². The molecule has 7 heteroatoms. The Morgan fingerprint density at radius 3 is 2.31 bits per heavy atom. The molecule has 0 bridgehead atoms. The Balaban J connectivity index is 0.000000349. The van der Waals surface area contributed by atoms with Crippen LogP contribution in [0.25, 0.3) is 21.8 Å². The zero-order chi connectivity index (χ0) is 24.6. The monoisotopic (exact) mass is 552 g/mol. The van der Waals surface area contributed by atoms with E-state index in [-0.39, 0.29) is 32.7 Å². The number of carboxylic acids is 1. The maximum absolute atomic E-state index is 10.7. The fourth-order valence-electron chi connectivity index (χ4n) is 3.64. The summed E-state index contributed by atoms with van der Waals surface area (Å²) in [6.07, 6.45) is 1.06. The molecule has 3 aromatic rings. The third-order valence-corrected chi connectivity index (χ3v) is 5.46. The molecule has 0 unspecified atom stereocenters. The van der Waals surface area contributed by atoms with Gasteiger partial charge in [0.2, 0.25) is 0 Å². The molecule has 0 atom stereocenters. The standard InChI is InChI=1S/C15H21N2O3.C11H10N.C2H6.Y/c18-15(19)14-4-2-13(3-5-14)12-16-6-1-7-17-8-10-20-11-9-17;12-8-10-6-3-5-9-4-1-2-7-11(9)10;1-2;/h2-5H,1,6-12H2,(H,18,19);1-7,12H,8H2;1-2H3;/q2*-1;;. The molecule has 187 valence electrons. The molecule has 0 aliphatic carbocycles. The van der Waals surface area contributed by atoms with Crippen LogP contribution >= 0.6 is 0 Å². The molecule has 2 N–H and O–H groups in total. The van der Waals surface area contributed by atoms with Gasteiger partial charge in [-0.3, -0.25) is 4.90 Å². The molecule has 3 aromatic carbocycles. The maximum Gasteiger partial charge on any atom is 0.335 e. The molecule has 0 saturated carbocycles. The van der Waals surface area contributed by atoms with Crippen molar-refractivity contribution in [3.63, 3.8) is 0 Å². The molecular formula is C28H37N3O3Y-2. The number of carboxylic acid groups (broad SMARTS) is 1. The fraction of sp³-hybridized carbons (Fsp3) is 0.393. The van der Waals surface area contributed by atoms with E-state index in [2.05, 4.69) is 28.4 Å². The number of hydrogen-bond acceptors (Lipinski definition) is 3. The summed E-state index contributed by atoms with van der Waals surface area (Å²) < 4.78 is 5.30. The van der Waals surface area contributed by atoms with Gasteiger partial charge in [0.25, 0.3) is 0 Å². The molecule has 6 nitrogen and oxygen atoms in total. The summed E-state index contributed by atoms with van der Waals surface area (Å²) in [6, 6.07) is 21.2. The smallest absolute Gasteiger partial charge is 0.335 e. The number of rotatable bonds is 8. The van der Waals surface area contributed by atoms with Crippen molar-refractivity contribution in [3.05, 3.63) is 94.5 Å². The van der Waals surface area contributed by atoms with E-state index in [0.29, 0.717) is 18.7 Å².